The van der Waals surface area contributed by atoms with E-state index in [1.165, 1.54) is 11.3 Å². The molecule has 0 aliphatic heterocycles. The zero-order valence-electron chi connectivity index (χ0n) is 8.89. The fourth-order valence-corrected chi connectivity index (χ4v) is 2.24. The molecule has 0 bridgehead atoms. The number of rotatable bonds is 3. The lowest BCUT2D eigenvalue weighted by Crippen LogP contribution is -2.18. The standard InChI is InChI=1S/C9H11N3O3S/c1-4-5(2)16-9(10-4)11-8(13)6-3-7(6)12(14)15/h6-7H,3H2,1-2H3,(H,10,11,13)/t6-,7+/m1/s1. The third kappa shape index (κ3) is 2.04. The highest BCUT2D eigenvalue weighted by molar-refractivity contribution is 7.15. The van der Waals surface area contributed by atoms with E-state index < -0.39 is 16.9 Å². The van der Waals surface area contributed by atoms with Crippen molar-refractivity contribution in [1.82, 2.24) is 4.98 Å². The van der Waals surface area contributed by atoms with Crippen molar-refractivity contribution in [3.05, 3.63) is 20.7 Å². The summed E-state index contributed by atoms with van der Waals surface area (Å²) in [5.74, 6) is -0.782. The maximum Gasteiger partial charge on any atom is 0.236 e. The minimum Gasteiger partial charge on any atom is -0.301 e. The predicted octanol–water partition coefficient (Wildman–Crippen LogP) is 1.36. The topological polar surface area (TPSA) is 85.1 Å². The first kappa shape index (κ1) is 11.0. The Morgan fingerprint density at radius 3 is 2.75 bits per heavy atom. The molecule has 86 valence electrons. The largest absolute Gasteiger partial charge is 0.301 e. The van der Waals surface area contributed by atoms with Crippen LogP contribution in [0.15, 0.2) is 0 Å². The van der Waals surface area contributed by atoms with E-state index in [1.54, 1.807) is 0 Å². The third-order valence-electron chi connectivity index (χ3n) is 2.62. The highest BCUT2D eigenvalue weighted by atomic mass is 32.1. The number of aryl methyl sites for hydroxylation is 2. The number of nitro groups is 1. The maximum absolute atomic E-state index is 11.6. The molecule has 1 heterocycles. The molecule has 1 amide bonds. The van der Waals surface area contributed by atoms with E-state index in [4.69, 9.17) is 0 Å². The summed E-state index contributed by atoms with van der Waals surface area (Å²) < 4.78 is 0. The lowest BCUT2D eigenvalue weighted by atomic mass is 10.4. The zero-order chi connectivity index (χ0) is 11.9. The predicted molar refractivity (Wildman–Crippen MR) is 59.1 cm³/mol. The summed E-state index contributed by atoms with van der Waals surface area (Å²) in [6, 6.07) is -0.706. The lowest BCUT2D eigenvalue weighted by Gasteiger charge is -1.97. The monoisotopic (exact) mass is 241 g/mol. The summed E-state index contributed by atoms with van der Waals surface area (Å²) in [5, 5.41) is 13.5. The van der Waals surface area contributed by atoms with E-state index in [9.17, 15) is 14.9 Å². The average Bonchev–Trinajstić information content (AvgIpc) is 2.91. The van der Waals surface area contributed by atoms with Crippen molar-refractivity contribution in [2.45, 2.75) is 26.3 Å². The molecule has 2 atom stereocenters. The number of nitrogens with one attached hydrogen (secondary N) is 1. The van der Waals surface area contributed by atoms with E-state index in [-0.39, 0.29) is 5.91 Å². The quantitative estimate of drug-likeness (QED) is 0.639. The Balaban J connectivity index is 1.96. The summed E-state index contributed by atoms with van der Waals surface area (Å²) in [6.45, 7) is 3.78. The minimum absolute atomic E-state index is 0.296. The second kappa shape index (κ2) is 3.82. The van der Waals surface area contributed by atoms with Gasteiger partial charge in [-0.2, -0.15) is 0 Å². The molecule has 0 spiro atoms. The van der Waals surface area contributed by atoms with Gasteiger partial charge in [0.15, 0.2) is 5.13 Å². The van der Waals surface area contributed by atoms with Crippen molar-refractivity contribution in [3.8, 4) is 0 Å². The summed E-state index contributed by atoms with van der Waals surface area (Å²) in [5.41, 5.74) is 0.877. The summed E-state index contributed by atoms with van der Waals surface area (Å²) in [4.78, 5) is 26.7. The molecule has 0 aromatic carbocycles. The van der Waals surface area contributed by atoms with Crippen LogP contribution in [0, 0.1) is 29.9 Å². The molecule has 2 rings (SSSR count). The number of nitrogens with zero attached hydrogens (tertiary/aromatic N) is 2. The smallest absolute Gasteiger partial charge is 0.236 e. The fraction of sp³-hybridized carbons (Fsp3) is 0.556. The maximum atomic E-state index is 11.6. The molecule has 0 unspecified atom stereocenters. The molecule has 0 saturated heterocycles. The van der Waals surface area contributed by atoms with Crippen LogP contribution < -0.4 is 5.32 Å². The zero-order valence-corrected chi connectivity index (χ0v) is 9.71. The van der Waals surface area contributed by atoms with Crippen molar-refractivity contribution in [2.75, 3.05) is 5.32 Å². The summed E-state index contributed by atoms with van der Waals surface area (Å²) in [7, 11) is 0. The van der Waals surface area contributed by atoms with Crippen LogP contribution >= 0.6 is 11.3 Å². The third-order valence-corrected chi connectivity index (χ3v) is 3.61. The van der Waals surface area contributed by atoms with Gasteiger partial charge in [-0.05, 0) is 13.8 Å². The highest BCUT2D eigenvalue weighted by Gasteiger charge is 2.53. The van der Waals surface area contributed by atoms with Crippen molar-refractivity contribution in [1.29, 1.82) is 0 Å². The van der Waals surface area contributed by atoms with Crippen LogP contribution in [0.25, 0.3) is 0 Å². The Morgan fingerprint density at radius 1 is 1.62 bits per heavy atom. The first-order chi connectivity index (χ1) is 7.49. The Morgan fingerprint density at radius 2 is 2.31 bits per heavy atom. The Labute approximate surface area is 95.8 Å². The van der Waals surface area contributed by atoms with E-state index in [0.717, 1.165) is 10.6 Å². The molecule has 1 aliphatic rings. The number of hydrogen-bond acceptors (Lipinski definition) is 5. The average molecular weight is 241 g/mol. The van der Waals surface area contributed by atoms with Crippen LogP contribution in [0.3, 0.4) is 0 Å². The van der Waals surface area contributed by atoms with Gasteiger partial charge in [0.1, 0.15) is 5.92 Å². The molecule has 6 nitrogen and oxygen atoms in total. The minimum atomic E-state index is -0.706. The number of anilines is 1. The Bertz CT molecular complexity index is 437. The Hall–Kier alpha value is -1.50. The molecule has 0 radical (unpaired) electrons. The number of thiazole rings is 1. The number of amides is 1. The number of aromatic nitrogens is 1. The van der Waals surface area contributed by atoms with Gasteiger partial charge in [0.25, 0.3) is 0 Å². The van der Waals surface area contributed by atoms with Gasteiger partial charge in [0.2, 0.25) is 11.9 Å². The molecule has 1 aromatic heterocycles. The number of carbonyl (C=O) groups excluding carboxylic acids is 1. The lowest BCUT2D eigenvalue weighted by molar-refractivity contribution is -0.497. The van der Waals surface area contributed by atoms with Gasteiger partial charge in [0, 0.05) is 16.2 Å². The van der Waals surface area contributed by atoms with Crippen LogP contribution in [-0.2, 0) is 4.79 Å². The van der Waals surface area contributed by atoms with E-state index in [1.807, 2.05) is 13.8 Å². The van der Waals surface area contributed by atoms with Crippen LogP contribution in [0.5, 0.6) is 0 Å². The first-order valence-corrected chi connectivity index (χ1v) is 5.69. The molecular weight excluding hydrogens is 230 g/mol. The van der Waals surface area contributed by atoms with Gasteiger partial charge >= 0.3 is 0 Å². The second-order valence-electron chi connectivity index (χ2n) is 3.84. The van der Waals surface area contributed by atoms with Gasteiger partial charge in [-0.3, -0.25) is 14.9 Å². The number of hydrogen-bond donors (Lipinski definition) is 1. The first-order valence-electron chi connectivity index (χ1n) is 4.87. The van der Waals surface area contributed by atoms with Crippen molar-refractivity contribution < 1.29 is 9.72 Å². The Kier molecular flexibility index (Phi) is 2.63. The highest BCUT2D eigenvalue weighted by Crippen LogP contribution is 2.34. The van der Waals surface area contributed by atoms with E-state index >= 15 is 0 Å². The molecule has 7 heteroatoms. The van der Waals surface area contributed by atoms with E-state index in [2.05, 4.69) is 10.3 Å². The van der Waals surface area contributed by atoms with Gasteiger partial charge in [-0.25, -0.2) is 4.98 Å². The molecule has 1 fully saturated rings. The van der Waals surface area contributed by atoms with Crippen LogP contribution in [0.1, 0.15) is 17.0 Å². The van der Waals surface area contributed by atoms with Crippen LogP contribution in [0.4, 0.5) is 5.13 Å². The van der Waals surface area contributed by atoms with Crippen molar-refractivity contribution in [2.24, 2.45) is 5.92 Å². The fourth-order valence-electron chi connectivity index (χ4n) is 1.42. The molecule has 1 N–H and O–H groups in total. The van der Waals surface area contributed by atoms with Crippen LogP contribution in [-0.4, -0.2) is 21.9 Å². The molecular formula is C9H11N3O3S. The van der Waals surface area contributed by atoms with Gasteiger partial charge < -0.3 is 5.32 Å². The van der Waals surface area contributed by atoms with Gasteiger partial charge in [0.05, 0.1) is 5.69 Å². The summed E-state index contributed by atoms with van der Waals surface area (Å²) >= 11 is 1.38. The van der Waals surface area contributed by atoms with Crippen molar-refractivity contribution in [3.63, 3.8) is 0 Å². The SMILES string of the molecule is Cc1nc(NC(=O)[C@@H]2C[C@@H]2[N+](=O)[O-])sc1C. The second-order valence-corrected chi connectivity index (χ2v) is 5.05. The molecule has 16 heavy (non-hydrogen) atoms. The van der Waals surface area contributed by atoms with E-state index in [0.29, 0.717) is 11.6 Å². The van der Waals surface area contributed by atoms with Gasteiger partial charge in [-0.15, -0.1) is 11.3 Å². The molecule has 1 aliphatic carbocycles. The van der Waals surface area contributed by atoms with Crippen LogP contribution in [0.2, 0.25) is 0 Å². The summed E-state index contributed by atoms with van der Waals surface area (Å²) in [6.07, 6.45) is 0.335. The molecule has 1 saturated carbocycles. The van der Waals surface area contributed by atoms with Gasteiger partial charge in [-0.1, -0.05) is 0 Å². The normalized spacial score (nSPS) is 22.9. The van der Waals surface area contributed by atoms with Crippen molar-refractivity contribution >= 4 is 22.4 Å². The number of carbonyl (C=O) groups is 1. The molecule has 1 aromatic rings.